The quantitative estimate of drug-likeness (QED) is 0.874. The van der Waals surface area contributed by atoms with Crippen molar-refractivity contribution < 1.29 is 0 Å². The van der Waals surface area contributed by atoms with Crippen LogP contribution in [0.25, 0.3) is 5.69 Å². The van der Waals surface area contributed by atoms with Crippen LogP contribution >= 0.6 is 11.6 Å². The van der Waals surface area contributed by atoms with E-state index in [1.54, 1.807) is 0 Å². The molecule has 5 heteroatoms. The third-order valence-corrected chi connectivity index (χ3v) is 3.34. The van der Waals surface area contributed by atoms with Crippen molar-refractivity contribution in [1.29, 1.82) is 0 Å². The molecule has 0 aliphatic rings. The Kier molecular flexibility index (Phi) is 4.22. The van der Waals surface area contributed by atoms with Gasteiger partial charge in [-0.25, -0.2) is 0 Å². The van der Waals surface area contributed by atoms with E-state index in [0.717, 1.165) is 11.5 Å². The first kappa shape index (κ1) is 14.0. The molecule has 0 radical (unpaired) electrons. The van der Waals surface area contributed by atoms with Crippen LogP contribution < -0.4 is 5.73 Å². The molecule has 1 aromatic heterocycles. The monoisotopic (exact) mass is 278 g/mol. The minimum absolute atomic E-state index is 0.186. The summed E-state index contributed by atoms with van der Waals surface area (Å²) in [5.74, 6) is 2.26. The maximum absolute atomic E-state index is 5.93. The summed E-state index contributed by atoms with van der Waals surface area (Å²) in [7, 11) is 0. The minimum atomic E-state index is -0.186. The zero-order valence-corrected chi connectivity index (χ0v) is 12.2. The molecule has 1 unspecified atom stereocenters. The lowest BCUT2D eigenvalue weighted by Gasteiger charge is -2.13. The molecule has 0 aliphatic heterocycles. The summed E-state index contributed by atoms with van der Waals surface area (Å²) in [6, 6.07) is 8.15. The lowest BCUT2D eigenvalue weighted by atomic mass is 10.0. The third-order valence-electron chi connectivity index (χ3n) is 3.10. The van der Waals surface area contributed by atoms with E-state index >= 15 is 0 Å². The van der Waals surface area contributed by atoms with E-state index in [2.05, 4.69) is 48.3 Å². The Hall–Kier alpha value is -1.39. The van der Waals surface area contributed by atoms with E-state index in [0.29, 0.717) is 17.6 Å². The Labute approximate surface area is 118 Å². The molecule has 2 rings (SSSR count). The first-order valence-corrected chi connectivity index (χ1v) is 6.94. The molecule has 1 heterocycles. The average molecular weight is 279 g/mol. The molecule has 1 aromatic carbocycles. The van der Waals surface area contributed by atoms with Crippen LogP contribution in [0.3, 0.4) is 0 Å². The van der Waals surface area contributed by atoms with Gasteiger partial charge in [0.1, 0.15) is 0 Å². The van der Waals surface area contributed by atoms with Gasteiger partial charge in [-0.1, -0.05) is 26.0 Å². The highest BCUT2D eigenvalue weighted by atomic mass is 35.5. The molecule has 0 saturated heterocycles. The lowest BCUT2D eigenvalue weighted by Crippen LogP contribution is -2.13. The second-order valence-corrected chi connectivity index (χ2v) is 5.25. The van der Waals surface area contributed by atoms with Crippen LogP contribution in [0, 0.1) is 0 Å². The highest BCUT2D eigenvalue weighted by molar-refractivity contribution is 6.16. The third kappa shape index (κ3) is 2.80. The van der Waals surface area contributed by atoms with Gasteiger partial charge in [0, 0.05) is 5.69 Å². The highest BCUT2D eigenvalue weighted by Crippen LogP contribution is 2.21. The van der Waals surface area contributed by atoms with Gasteiger partial charge in [-0.3, -0.25) is 4.57 Å². The summed E-state index contributed by atoms with van der Waals surface area (Å²) < 4.78 is 1.93. The highest BCUT2D eigenvalue weighted by Gasteiger charge is 2.16. The van der Waals surface area contributed by atoms with Crippen LogP contribution in [0.1, 0.15) is 49.9 Å². The number of aromatic nitrogens is 3. The molecule has 1 atom stereocenters. The van der Waals surface area contributed by atoms with Gasteiger partial charge in [0.15, 0.2) is 11.6 Å². The molecule has 0 aliphatic carbocycles. The van der Waals surface area contributed by atoms with Gasteiger partial charge in [-0.15, -0.1) is 21.8 Å². The van der Waals surface area contributed by atoms with E-state index in [1.165, 1.54) is 5.56 Å². The van der Waals surface area contributed by atoms with Crippen molar-refractivity contribution in [2.24, 2.45) is 5.73 Å². The fraction of sp³-hybridized carbons (Fsp3) is 0.429. The molecule has 2 N–H and O–H groups in total. The van der Waals surface area contributed by atoms with Gasteiger partial charge >= 0.3 is 0 Å². The molecule has 102 valence electrons. The topological polar surface area (TPSA) is 56.7 Å². The normalized spacial score (nSPS) is 12.9. The fourth-order valence-corrected chi connectivity index (χ4v) is 2.17. The van der Waals surface area contributed by atoms with Crippen LogP contribution in [0.2, 0.25) is 0 Å². The summed E-state index contributed by atoms with van der Waals surface area (Å²) in [6.45, 7) is 6.23. The number of hydrogen-bond donors (Lipinski definition) is 1. The van der Waals surface area contributed by atoms with Gasteiger partial charge < -0.3 is 5.73 Å². The smallest absolute Gasteiger partial charge is 0.154 e. The Bertz CT molecular complexity index is 543. The van der Waals surface area contributed by atoms with Crippen molar-refractivity contribution in [2.45, 2.75) is 38.6 Å². The number of rotatable bonds is 4. The van der Waals surface area contributed by atoms with Gasteiger partial charge in [0.05, 0.1) is 11.9 Å². The summed E-state index contributed by atoms with van der Waals surface area (Å²) in [5, 5.41) is 8.21. The first-order chi connectivity index (χ1) is 9.04. The van der Waals surface area contributed by atoms with Gasteiger partial charge in [-0.05, 0) is 30.5 Å². The number of nitrogens with zero attached hydrogens (tertiary/aromatic N) is 3. The van der Waals surface area contributed by atoms with Crippen LogP contribution in [0.5, 0.6) is 0 Å². The Morgan fingerprint density at radius 1 is 1.16 bits per heavy atom. The standard InChI is InChI=1S/C14H19ClN4/c1-9(2)11-4-6-12(7-5-11)19-13(8-15)17-18-14(19)10(3)16/h4-7,9-10H,8,16H2,1-3H3. The molecular formula is C14H19ClN4. The number of nitrogens with two attached hydrogens (primary N) is 1. The van der Waals surface area contributed by atoms with Gasteiger partial charge in [-0.2, -0.15) is 0 Å². The molecule has 4 nitrogen and oxygen atoms in total. The van der Waals surface area contributed by atoms with Gasteiger partial charge in [0.25, 0.3) is 0 Å². The largest absolute Gasteiger partial charge is 0.322 e. The molecule has 19 heavy (non-hydrogen) atoms. The van der Waals surface area contributed by atoms with Crippen LogP contribution in [0.15, 0.2) is 24.3 Å². The minimum Gasteiger partial charge on any atom is -0.322 e. The summed E-state index contributed by atoms with van der Waals surface area (Å²) in [6.07, 6.45) is 0. The number of halogens is 1. The molecule has 0 spiro atoms. The molecule has 0 bridgehead atoms. The predicted octanol–water partition coefficient (Wildman–Crippen LogP) is 3.15. The van der Waals surface area contributed by atoms with E-state index in [4.69, 9.17) is 17.3 Å². The second kappa shape index (κ2) is 5.72. The lowest BCUT2D eigenvalue weighted by molar-refractivity contribution is 0.711. The SMILES string of the molecule is CC(C)c1ccc(-n2c(CCl)nnc2C(C)N)cc1. The zero-order chi connectivity index (χ0) is 14.0. The Balaban J connectivity index is 2.48. The summed E-state index contributed by atoms with van der Waals surface area (Å²) >= 11 is 5.92. The summed E-state index contributed by atoms with van der Waals surface area (Å²) in [5.41, 5.74) is 8.23. The van der Waals surface area contributed by atoms with Crippen molar-refractivity contribution >= 4 is 11.6 Å². The van der Waals surface area contributed by atoms with Crippen LogP contribution in [-0.4, -0.2) is 14.8 Å². The van der Waals surface area contributed by atoms with E-state index in [9.17, 15) is 0 Å². The Morgan fingerprint density at radius 2 is 1.79 bits per heavy atom. The van der Waals surface area contributed by atoms with Gasteiger partial charge in [0.2, 0.25) is 0 Å². The van der Waals surface area contributed by atoms with E-state index in [1.807, 2.05) is 11.5 Å². The van der Waals surface area contributed by atoms with Crippen molar-refractivity contribution in [3.63, 3.8) is 0 Å². The Morgan fingerprint density at radius 3 is 2.26 bits per heavy atom. The molecule has 2 aromatic rings. The molecule has 0 fully saturated rings. The fourth-order valence-electron chi connectivity index (χ4n) is 2.00. The number of alkyl halides is 1. The van der Waals surface area contributed by atoms with Crippen molar-refractivity contribution in [3.05, 3.63) is 41.5 Å². The molecule has 0 amide bonds. The van der Waals surface area contributed by atoms with E-state index in [-0.39, 0.29) is 6.04 Å². The van der Waals surface area contributed by atoms with Crippen LogP contribution in [0.4, 0.5) is 0 Å². The van der Waals surface area contributed by atoms with Crippen molar-refractivity contribution in [1.82, 2.24) is 14.8 Å². The molecular weight excluding hydrogens is 260 g/mol. The molecule has 0 saturated carbocycles. The number of benzene rings is 1. The average Bonchev–Trinajstić information content (AvgIpc) is 2.82. The van der Waals surface area contributed by atoms with Crippen molar-refractivity contribution in [2.75, 3.05) is 0 Å². The predicted molar refractivity (Wildman–Crippen MR) is 77.6 cm³/mol. The zero-order valence-electron chi connectivity index (χ0n) is 11.5. The number of hydrogen-bond acceptors (Lipinski definition) is 3. The second-order valence-electron chi connectivity index (χ2n) is 4.98. The maximum atomic E-state index is 5.93. The maximum Gasteiger partial charge on any atom is 0.154 e. The van der Waals surface area contributed by atoms with Crippen molar-refractivity contribution in [3.8, 4) is 5.69 Å². The first-order valence-electron chi connectivity index (χ1n) is 6.40. The summed E-state index contributed by atoms with van der Waals surface area (Å²) in [4.78, 5) is 0. The van der Waals surface area contributed by atoms with Crippen LogP contribution in [-0.2, 0) is 5.88 Å². The van der Waals surface area contributed by atoms with E-state index < -0.39 is 0 Å².